The lowest BCUT2D eigenvalue weighted by molar-refractivity contribution is -0.137. The van der Waals surface area contributed by atoms with Crippen LogP contribution in [0, 0.1) is 0 Å². The number of benzene rings is 1. The highest BCUT2D eigenvalue weighted by Crippen LogP contribution is 2.30. The van der Waals surface area contributed by atoms with Crippen molar-refractivity contribution >= 4 is 11.7 Å². The van der Waals surface area contributed by atoms with Gasteiger partial charge in [0.25, 0.3) is 0 Å². The van der Waals surface area contributed by atoms with Gasteiger partial charge in [-0.25, -0.2) is 4.79 Å². The van der Waals surface area contributed by atoms with Gasteiger partial charge >= 0.3 is 12.2 Å². The van der Waals surface area contributed by atoms with Crippen LogP contribution in [0.3, 0.4) is 0 Å². The number of hydrogen-bond acceptors (Lipinski definition) is 2. The third-order valence-corrected chi connectivity index (χ3v) is 2.55. The maximum Gasteiger partial charge on any atom is 0.416 e. The molecule has 1 aromatic rings. The summed E-state index contributed by atoms with van der Waals surface area (Å²) in [5.74, 6) is 0. The van der Waals surface area contributed by atoms with Gasteiger partial charge in [-0.05, 0) is 38.5 Å². The molecule has 4 N–H and O–H groups in total. The van der Waals surface area contributed by atoms with E-state index in [0.29, 0.717) is 6.42 Å². The lowest BCUT2D eigenvalue weighted by Crippen LogP contribution is -2.39. The summed E-state index contributed by atoms with van der Waals surface area (Å²) in [5.41, 5.74) is 4.87. The van der Waals surface area contributed by atoms with Gasteiger partial charge in [0.05, 0.1) is 5.56 Å². The van der Waals surface area contributed by atoms with Crippen molar-refractivity contribution < 1.29 is 18.0 Å². The van der Waals surface area contributed by atoms with Crippen LogP contribution < -0.4 is 16.4 Å². The average molecular weight is 289 g/mol. The van der Waals surface area contributed by atoms with Gasteiger partial charge < -0.3 is 16.4 Å². The van der Waals surface area contributed by atoms with E-state index in [1.54, 1.807) is 6.92 Å². The Labute approximate surface area is 115 Å². The smallest absolute Gasteiger partial charge is 0.335 e. The van der Waals surface area contributed by atoms with E-state index in [-0.39, 0.29) is 17.8 Å². The van der Waals surface area contributed by atoms with Crippen molar-refractivity contribution in [3.63, 3.8) is 0 Å². The maximum absolute atomic E-state index is 12.5. The molecule has 2 amide bonds. The fraction of sp³-hybridized carbons (Fsp3) is 0.462. The molecule has 0 bridgehead atoms. The molecule has 4 nitrogen and oxygen atoms in total. The molecule has 2 unspecified atom stereocenters. The Morgan fingerprint density at radius 1 is 1.35 bits per heavy atom. The molecular formula is C13H18F3N3O. The fourth-order valence-corrected chi connectivity index (χ4v) is 1.78. The highest BCUT2D eigenvalue weighted by Gasteiger charge is 2.30. The minimum Gasteiger partial charge on any atom is -0.335 e. The molecule has 1 aromatic carbocycles. The number of nitrogens with one attached hydrogen (secondary N) is 2. The predicted molar refractivity (Wildman–Crippen MR) is 71.3 cm³/mol. The molecule has 0 saturated carbocycles. The Balaban J connectivity index is 2.62. The zero-order chi connectivity index (χ0) is 15.3. The largest absolute Gasteiger partial charge is 0.416 e. The molecule has 1 rings (SSSR count). The van der Waals surface area contributed by atoms with Crippen LogP contribution >= 0.6 is 0 Å². The number of rotatable bonds is 4. The second-order valence-corrected chi connectivity index (χ2v) is 4.79. The number of anilines is 1. The Morgan fingerprint density at radius 2 is 2.00 bits per heavy atom. The van der Waals surface area contributed by atoms with Gasteiger partial charge in [0, 0.05) is 17.8 Å². The van der Waals surface area contributed by atoms with Crippen LogP contribution in [0.2, 0.25) is 0 Å². The Morgan fingerprint density at radius 3 is 2.55 bits per heavy atom. The first-order valence-electron chi connectivity index (χ1n) is 6.19. The van der Waals surface area contributed by atoms with Crippen molar-refractivity contribution in [2.24, 2.45) is 5.73 Å². The van der Waals surface area contributed by atoms with Crippen LogP contribution in [0.5, 0.6) is 0 Å². The molecule has 0 aliphatic carbocycles. The summed E-state index contributed by atoms with van der Waals surface area (Å²) in [4.78, 5) is 11.6. The van der Waals surface area contributed by atoms with Gasteiger partial charge in [-0.3, -0.25) is 0 Å². The SMILES string of the molecule is CC(N)CC(C)NC(=O)Nc1cccc(C(F)(F)F)c1. The summed E-state index contributed by atoms with van der Waals surface area (Å²) in [6.45, 7) is 3.58. The van der Waals surface area contributed by atoms with E-state index in [1.807, 2.05) is 6.92 Å². The van der Waals surface area contributed by atoms with Crippen LogP contribution in [-0.2, 0) is 6.18 Å². The number of hydrogen-bond donors (Lipinski definition) is 3. The Kier molecular flexibility index (Phi) is 5.38. The number of amides is 2. The van der Waals surface area contributed by atoms with Crippen molar-refractivity contribution in [2.45, 2.75) is 38.5 Å². The molecule has 0 heterocycles. The Bertz CT molecular complexity index is 460. The molecule has 112 valence electrons. The molecule has 0 radical (unpaired) electrons. The second kappa shape index (κ2) is 6.60. The van der Waals surface area contributed by atoms with Crippen molar-refractivity contribution in [2.75, 3.05) is 5.32 Å². The molecule has 20 heavy (non-hydrogen) atoms. The van der Waals surface area contributed by atoms with E-state index < -0.39 is 17.8 Å². The van der Waals surface area contributed by atoms with E-state index in [2.05, 4.69) is 10.6 Å². The molecule has 0 fully saturated rings. The first kappa shape index (κ1) is 16.3. The maximum atomic E-state index is 12.5. The van der Waals surface area contributed by atoms with Gasteiger partial charge in [-0.15, -0.1) is 0 Å². The van der Waals surface area contributed by atoms with Crippen LogP contribution in [0.4, 0.5) is 23.7 Å². The first-order chi connectivity index (χ1) is 9.18. The van der Waals surface area contributed by atoms with Crippen molar-refractivity contribution in [3.05, 3.63) is 29.8 Å². The van der Waals surface area contributed by atoms with Crippen LogP contribution in [0.1, 0.15) is 25.8 Å². The number of halogens is 3. The minimum absolute atomic E-state index is 0.0705. The molecule has 0 aliphatic heterocycles. The van der Waals surface area contributed by atoms with Gasteiger partial charge in [0.1, 0.15) is 0 Å². The Hall–Kier alpha value is -1.76. The third-order valence-electron chi connectivity index (χ3n) is 2.55. The first-order valence-corrected chi connectivity index (χ1v) is 6.19. The monoisotopic (exact) mass is 289 g/mol. The number of nitrogens with two attached hydrogens (primary N) is 1. The van der Waals surface area contributed by atoms with E-state index in [9.17, 15) is 18.0 Å². The summed E-state index contributed by atoms with van der Waals surface area (Å²) < 4.78 is 37.5. The minimum atomic E-state index is -4.43. The average Bonchev–Trinajstić information content (AvgIpc) is 2.26. The van der Waals surface area contributed by atoms with E-state index in [4.69, 9.17) is 5.73 Å². The predicted octanol–water partition coefficient (Wildman–Crippen LogP) is 2.95. The zero-order valence-electron chi connectivity index (χ0n) is 11.3. The molecule has 0 aliphatic rings. The van der Waals surface area contributed by atoms with Crippen LogP contribution in [0.15, 0.2) is 24.3 Å². The lowest BCUT2D eigenvalue weighted by Gasteiger charge is -2.16. The second-order valence-electron chi connectivity index (χ2n) is 4.79. The van der Waals surface area contributed by atoms with Crippen LogP contribution in [-0.4, -0.2) is 18.1 Å². The number of carbonyl (C=O) groups excluding carboxylic acids is 1. The molecule has 0 saturated heterocycles. The highest BCUT2D eigenvalue weighted by molar-refractivity contribution is 5.89. The van der Waals surface area contributed by atoms with Gasteiger partial charge in [0.2, 0.25) is 0 Å². The van der Waals surface area contributed by atoms with Gasteiger partial charge in [-0.2, -0.15) is 13.2 Å². The molecule has 2 atom stereocenters. The summed E-state index contributed by atoms with van der Waals surface area (Å²) >= 11 is 0. The highest BCUT2D eigenvalue weighted by atomic mass is 19.4. The van der Waals surface area contributed by atoms with Crippen molar-refractivity contribution in [1.29, 1.82) is 0 Å². The zero-order valence-corrected chi connectivity index (χ0v) is 11.3. The standard InChI is InChI=1S/C13H18F3N3O/c1-8(17)6-9(2)18-12(20)19-11-5-3-4-10(7-11)13(14,15)16/h3-5,7-9H,6,17H2,1-2H3,(H2,18,19,20). The van der Waals surface area contributed by atoms with Gasteiger partial charge in [0.15, 0.2) is 0 Å². The third kappa shape index (κ3) is 5.48. The molecular weight excluding hydrogens is 271 g/mol. The van der Waals surface area contributed by atoms with E-state index in [1.165, 1.54) is 12.1 Å². The summed E-state index contributed by atoms with van der Waals surface area (Å²) in [6.07, 6.45) is -3.85. The summed E-state index contributed by atoms with van der Waals surface area (Å²) in [7, 11) is 0. The van der Waals surface area contributed by atoms with Crippen LogP contribution in [0.25, 0.3) is 0 Å². The lowest BCUT2D eigenvalue weighted by atomic mass is 10.1. The quantitative estimate of drug-likeness (QED) is 0.797. The van der Waals surface area contributed by atoms with E-state index >= 15 is 0 Å². The number of carbonyl (C=O) groups is 1. The van der Waals surface area contributed by atoms with Crippen molar-refractivity contribution in [3.8, 4) is 0 Å². The topological polar surface area (TPSA) is 67.1 Å². The summed E-state index contributed by atoms with van der Waals surface area (Å²) in [6, 6.07) is 3.67. The summed E-state index contributed by atoms with van der Waals surface area (Å²) in [5, 5.41) is 4.97. The molecule has 0 spiro atoms. The van der Waals surface area contributed by atoms with Crippen molar-refractivity contribution in [1.82, 2.24) is 5.32 Å². The van der Waals surface area contributed by atoms with E-state index in [0.717, 1.165) is 12.1 Å². The number of alkyl halides is 3. The number of urea groups is 1. The molecule has 0 aromatic heterocycles. The van der Waals surface area contributed by atoms with Gasteiger partial charge in [-0.1, -0.05) is 6.07 Å². The normalized spacial score (nSPS) is 14.5. The fourth-order valence-electron chi connectivity index (χ4n) is 1.78. The molecule has 7 heteroatoms.